The molecular formula is C27H38N6O4S2. The molecule has 2 saturated carbocycles. The van der Waals surface area contributed by atoms with Crippen LogP contribution in [0.3, 0.4) is 0 Å². The molecule has 0 bridgehead atoms. The second-order valence-electron chi connectivity index (χ2n) is 11.3. The number of rotatable bonds is 10. The van der Waals surface area contributed by atoms with E-state index >= 15 is 0 Å². The predicted octanol–water partition coefficient (Wildman–Crippen LogP) is 3.75. The van der Waals surface area contributed by atoms with E-state index in [1.165, 1.54) is 0 Å². The number of hydrogen-bond acceptors (Lipinski definition) is 11. The molecule has 0 aromatic carbocycles. The van der Waals surface area contributed by atoms with Gasteiger partial charge < -0.3 is 20.8 Å². The Morgan fingerprint density at radius 1 is 1.13 bits per heavy atom. The maximum atomic E-state index is 12.3. The van der Waals surface area contributed by atoms with Crippen molar-refractivity contribution in [1.82, 2.24) is 19.9 Å². The first kappa shape index (κ1) is 28.1. The zero-order chi connectivity index (χ0) is 28.1. The molecule has 0 aliphatic heterocycles. The van der Waals surface area contributed by atoms with Crippen molar-refractivity contribution < 1.29 is 18.6 Å². The first-order valence-electron chi connectivity index (χ1n) is 13.7. The van der Waals surface area contributed by atoms with Gasteiger partial charge in [-0.15, -0.1) is 11.3 Å². The van der Waals surface area contributed by atoms with Gasteiger partial charge in [-0.05, 0) is 45.1 Å². The van der Waals surface area contributed by atoms with Gasteiger partial charge in [0.05, 0.1) is 39.5 Å². The fourth-order valence-corrected chi connectivity index (χ4v) is 7.35. The predicted molar refractivity (Wildman–Crippen MR) is 155 cm³/mol. The van der Waals surface area contributed by atoms with Gasteiger partial charge in [-0.1, -0.05) is 20.8 Å². The molecule has 5 atom stereocenters. The van der Waals surface area contributed by atoms with Crippen molar-refractivity contribution in [2.75, 3.05) is 22.1 Å². The number of aliphatic hydroxyl groups excluding tert-OH is 2. The third-order valence-electron chi connectivity index (χ3n) is 7.99. The van der Waals surface area contributed by atoms with Crippen LogP contribution in [-0.2, 0) is 9.84 Å². The van der Waals surface area contributed by atoms with E-state index in [-0.39, 0.29) is 17.5 Å². The Hall–Kier alpha value is -2.41. The van der Waals surface area contributed by atoms with Gasteiger partial charge in [-0.3, -0.25) is 4.98 Å². The van der Waals surface area contributed by atoms with Crippen LogP contribution in [0.2, 0.25) is 0 Å². The van der Waals surface area contributed by atoms with Crippen LogP contribution in [0.4, 0.5) is 11.8 Å². The molecule has 3 heterocycles. The van der Waals surface area contributed by atoms with Crippen molar-refractivity contribution in [2.24, 2.45) is 11.8 Å². The lowest BCUT2D eigenvalue weighted by Gasteiger charge is -2.23. The molecule has 0 saturated heterocycles. The molecule has 0 amide bonds. The van der Waals surface area contributed by atoms with Gasteiger partial charge in [0.15, 0.2) is 0 Å². The Morgan fingerprint density at radius 2 is 1.87 bits per heavy atom. The Morgan fingerprint density at radius 3 is 2.54 bits per heavy atom. The summed E-state index contributed by atoms with van der Waals surface area (Å²) < 4.78 is 25.6. The number of nitrogens with zero attached hydrogens (tertiary/aromatic N) is 4. The van der Waals surface area contributed by atoms with Crippen LogP contribution in [0, 0.1) is 18.8 Å². The molecule has 10 nitrogen and oxygen atoms in total. The summed E-state index contributed by atoms with van der Waals surface area (Å²) in [6.45, 7) is 9.81. The molecular weight excluding hydrogens is 536 g/mol. The zero-order valence-corrected chi connectivity index (χ0v) is 24.7. The normalized spacial score (nSPS) is 24.4. The maximum Gasteiger partial charge on any atom is 0.225 e. The number of aliphatic hydroxyl groups is 2. The van der Waals surface area contributed by atoms with E-state index in [1.54, 1.807) is 18.3 Å². The summed E-state index contributed by atoms with van der Waals surface area (Å²) in [6.07, 6.45) is 2.09. The van der Waals surface area contributed by atoms with Gasteiger partial charge >= 0.3 is 0 Å². The van der Waals surface area contributed by atoms with Crippen LogP contribution in [0.15, 0.2) is 12.3 Å². The van der Waals surface area contributed by atoms with Gasteiger partial charge in [-0.2, -0.15) is 4.98 Å². The van der Waals surface area contributed by atoms with Crippen LogP contribution >= 0.6 is 11.3 Å². The SMILES string of the molecule is CCS(=O)(=O)C[C@H]1CC(Nc2nc(N[C@H](C)C(C)C)nc(C)c2-c2nc3c(C4CC4)nccc3s2)[C@H](O)[C@@H]1O. The minimum absolute atomic E-state index is 0.00195. The summed E-state index contributed by atoms with van der Waals surface area (Å²) in [5.74, 6) is 1.03. The molecule has 39 heavy (non-hydrogen) atoms. The first-order valence-corrected chi connectivity index (χ1v) is 16.3. The molecule has 2 fully saturated rings. The molecule has 3 aromatic rings. The van der Waals surface area contributed by atoms with Crippen molar-refractivity contribution in [1.29, 1.82) is 0 Å². The number of anilines is 2. The molecule has 212 valence electrons. The largest absolute Gasteiger partial charge is 0.390 e. The third kappa shape index (κ3) is 5.89. The second-order valence-corrected chi connectivity index (χ2v) is 14.7. The van der Waals surface area contributed by atoms with E-state index in [0.717, 1.165) is 45.0 Å². The number of thiazole rings is 1. The topological polar surface area (TPSA) is 150 Å². The highest BCUT2D eigenvalue weighted by Crippen LogP contribution is 2.44. The summed E-state index contributed by atoms with van der Waals surface area (Å²) in [6, 6.07) is 1.51. The average Bonchev–Trinajstić information content (AvgIpc) is 3.58. The fourth-order valence-electron chi connectivity index (χ4n) is 5.06. The summed E-state index contributed by atoms with van der Waals surface area (Å²) in [4.78, 5) is 19.2. The lowest BCUT2D eigenvalue weighted by Crippen LogP contribution is -2.36. The van der Waals surface area contributed by atoms with Gasteiger partial charge in [0.2, 0.25) is 5.95 Å². The van der Waals surface area contributed by atoms with Crippen LogP contribution in [0.5, 0.6) is 0 Å². The van der Waals surface area contributed by atoms with E-state index in [9.17, 15) is 18.6 Å². The summed E-state index contributed by atoms with van der Waals surface area (Å²) in [5, 5.41) is 29.1. The van der Waals surface area contributed by atoms with E-state index in [2.05, 4.69) is 36.4 Å². The Labute approximate surface area is 233 Å². The number of pyridine rings is 1. The molecule has 5 rings (SSSR count). The quantitative estimate of drug-likeness (QED) is 0.282. The zero-order valence-electron chi connectivity index (χ0n) is 23.0. The van der Waals surface area contributed by atoms with Crippen LogP contribution in [-0.4, -0.2) is 74.4 Å². The number of sulfone groups is 1. The number of aromatic nitrogens is 4. The molecule has 2 aliphatic carbocycles. The van der Waals surface area contributed by atoms with Crippen LogP contribution in [0.25, 0.3) is 20.8 Å². The minimum Gasteiger partial charge on any atom is -0.390 e. The molecule has 12 heteroatoms. The number of fused-ring (bicyclic) bond motifs is 1. The van der Waals surface area contributed by atoms with Crippen LogP contribution < -0.4 is 10.6 Å². The lowest BCUT2D eigenvalue weighted by atomic mass is 10.1. The van der Waals surface area contributed by atoms with Crippen molar-refractivity contribution in [3.63, 3.8) is 0 Å². The van der Waals surface area contributed by atoms with E-state index in [1.807, 2.05) is 19.2 Å². The molecule has 4 N–H and O–H groups in total. The van der Waals surface area contributed by atoms with E-state index < -0.39 is 34.0 Å². The van der Waals surface area contributed by atoms with Crippen molar-refractivity contribution in [2.45, 2.75) is 84.1 Å². The fraction of sp³-hybridized carbons (Fsp3) is 0.630. The lowest BCUT2D eigenvalue weighted by molar-refractivity contribution is 0.0216. The molecule has 3 aromatic heterocycles. The van der Waals surface area contributed by atoms with E-state index in [4.69, 9.17) is 15.0 Å². The number of hydrogen-bond donors (Lipinski definition) is 4. The molecule has 1 unspecified atom stereocenters. The van der Waals surface area contributed by atoms with Gasteiger partial charge in [0.25, 0.3) is 0 Å². The monoisotopic (exact) mass is 574 g/mol. The Balaban J connectivity index is 1.53. The van der Waals surface area contributed by atoms with Crippen molar-refractivity contribution >= 4 is 43.2 Å². The molecule has 0 radical (unpaired) electrons. The summed E-state index contributed by atoms with van der Waals surface area (Å²) in [7, 11) is -3.31. The second kappa shape index (κ2) is 10.9. The molecule has 0 spiro atoms. The summed E-state index contributed by atoms with van der Waals surface area (Å²) in [5.41, 5.74) is 3.39. The van der Waals surface area contributed by atoms with Gasteiger partial charge in [0.1, 0.15) is 32.3 Å². The highest BCUT2D eigenvalue weighted by atomic mass is 32.2. The average molecular weight is 575 g/mol. The summed E-state index contributed by atoms with van der Waals surface area (Å²) >= 11 is 1.55. The van der Waals surface area contributed by atoms with Gasteiger partial charge in [0, 0.05) is 29.8 Å². The van der Waals surface area contributed by atoms with Crippen molar-refractivity contribution in [3.05, 3.63) is 23.7 Å². The Bertz CT molecular complexity index is 1460. The number of nitrogens with one attached hydrogen (secondary N) is 2. The third-order valence-corrected chi connectivity index (χ3v) is 10.8. The van der Waals surface area contributed by atoms with Gasteiger partial charge in [-0.25, -0.2) is 18.4 Å². The first-order chi connectivity index (χ1) is 18.5. The van der Waals surface area contributed by atoms with Crippen molar-refractivity contribution in [3.8, 4) is 10.6 Å². The molecule has 2 aliphatic rings. The minimum atomic E-state index is -3.31. The number of aryl methyl sites for hydroxylation is 1. The maximum absolute atomic E-state index is 12.3. The Kier molecular flexibility index (Phi) is 7.84. The highest BCUT2D eigenvalue weighted by molar-refractivity contribution is 7.91. The smallest absolute Gasteiger partial charge is 0.225 e. The van der Waals surface area contributed by atoms with E-state index in [0.29, 0.717) is 30.0 Å². The van der Waals surface area contributed by atoms with Crippen LogP contribution in [0.1, 0.15) is 64.3 Å². The highest BCUT2D eigenvalue weighted by Gasteiger charge is 2.43. The standard InChI is InChI=1S/C27H38N6O4S2/c1-6-39(36,37)12-17-11-18(24(35)23(17)34)31-25-20(15(5)30-27(33-25)29-14(4)13(2)3)26-32-22-19(38-26)9-10-28-21(22)16-7-8-16/h9-10,13-14,16-18,23-24,34-35H,6-8,11-12H2,1-5H3,(H2,29,30,31,33)/t14-,17-,18?,23-,24+/m1/s1.